The van der Waals surface area contributed by atoms with Crippen LogP contribution in [0.1, 0.15) is 33.1 Å². The standard InChI is InChI=1S/C11H20N4O4/c1-3-18-10(16)13-12-9-7-5-6-8-15(9)14-11(17)19-4-2/h3-8H2,1-2H3,(H,13,16)(H,14,17)/b12-9+. The number of rotatable bonds is 4. The van der Waals surface area contributed by atoms with Gasteiger partial charge in [-0.25, -0.2) is 20.4 Å². The molecule has 0 bridgehead atoms. The highest BCUT2D eigenvalue weighted by Gasteiger charge is 2.19. The highest BCUT2D eigenvalue weighted by Crippen LogP contribution is 2.09. The second kappa shape index (κ2) is 8.17. The number of carbonyl (C=O) groups excluding carboxylic acids is 2. The quantitative estimate of drug-likeness (QED) is 0.750. The SMILES string of the molecule is CCOC(=O)N/N=C1\CCCCN1NC(=O)OCC. The fraction of sp³-hybridized carbons (Fsp3) is 0.727. The van der Waals surface area contributed by atoms with Crippen molar-refractivity contribution < 1.29 is 19.1 Å². The Bertz CT molecular complexity index is 346. The van der Waals surface area contributed by atoms with Crippen LogP contribution in [0.15, 0.2) is 5.10 Å². The molecule has 1 saturated heterocycles. The minimum absolute atomic E-state index is 0.279. The number of nitrogens with zero attached hydrogens (tertiary/aromatic N) is 2. The largest absolute Gasteiger partial charge is 0.449 e. The lowest BCUT2D eigenvalue weighted by molar-refractivity contribution is 0.127. The van der Waals surface area contributed by atoms with Gasteiger partial charge in [0.15, 0.2) is 0 Å². The number of carbonyl (C=O) groups is 2. The summed E-state index contributed by atoms with van der Waals surface area (Å²) in [7, 11) is 0. The summed E-state index contributed by atoms with van der Waals surface area (Å²) in [6.07, 6.45) is 1.40. The molecule has 108 valence electrons. The molecule has 1 heterocycles. The Kier molecular flexibility index (Phi) is 6.48. The molecule has 2 N–H and O–H groups in total. The first-order chi connectivity index (χ1) is 9.17. The van der Waals surface area contributed by atoms with Crippen molar-refractivity contribution in [2.75, 3.05) is 19.8 Å². The van der Waals surface area contributed by atoms with E-state index in [-0.39, 0.29) is 6.61 Å². The molecule has 0 radical (unpaired) electrons. The predicted octanol–water partition coefficient (Wildman–Crippen LogP) is 1.19. The Morgan fingerprint density at radius 1 is 1.21 bits per heavy atom. The lowest BCUT2D eigenvalue weighted by Crippen LogP contribution is -2.49. The van der Waals surface area contributed by atoms with Crippen molar-refractivity contribution in [2.24, 2.45) is 5.10 Å². The maximum atomic E-state index is 11.4. The van der Waals surface area contributed by atoms with Gasteiger partial charge in [-0.3, -0.25) is 5.01 Å². The third kappa shape index (κ3) is 5.45. The third-order valence-corrected chi connectivity index (χ3v) is 2.40. The fourth-order valence-corrected chi connectivity index (χ4v) is 1.60. The predicted molar refractivity (Wildman–Crippen MR) is 68.3 cm³/mol. The zero-order valence-corrected chi connectivity index (χ0v) is 11.3. The second-order valence-electron chi connectivity index (χ2n) is 3.80. The number of ether oxygens (including phenoxy) is 2. The van der Waals surface area contributed by atoms with Gasteiger partial charge in [-0.2, -0.15) is 5.10 Å². The number of hydrogen-bond acceptors (Lipinski definition) is 5. The van der Waals surface area contributed by atoms with Crippen molar-refractivity contribution >= 4 is 18.0 Å². The van der Waals surface area contributed by atoms with Gasteiger partial charge < -0.3 is 9.47 Å². The lowest BCUT2D eigenvalue weighted by atomic mass is 10.1. The normalized spacial score (nSPS) is 16.9. The van der Waals surface area contributed by atoms with E-state index in [1.54, 1.807) is 18.9 Å². The lowest BCUT2D eigenvalue weighted by Gasteiger charge is -2.29. The second-order valence-corrected chi connectivity index (χ2v) is 3.80. The molecule has 0 aromatic carbocycles. The van der Waals surface area contributed by atoms with E-state index in [0.717, 1.165) is 12.8 Å². The van der Waals surface area contributed by atoms with Gasteiger partial charge in [-0.1, -0.05) is 0 Å². The number of hydrazine groups is 1. The summed E-state index contributed by atoms with van der Waals surface area (Å²) in [6, 6.07) is 0. The van der Waals surface area contributed by atoms with E-state index in [9.17, 15) is 9.59 Å². The van der Waals surface area contributed by atoms with E-state index in [1.807, 2.05) is 0 Å². The van der Waals surface area contributed by atoms with Crippen molar-refractivity contribution in [3.05, 3.63) is 0 Å². The average Bonchev–Trinajstić information content (AvgIpc) is 2.38. The average molecular weight is 272 g/mol. The monoisotopic (exact) mass is 272 g/mol. The summed E-state index contributed by atoms with van der Waals surface area (Å²) < 4.78 is 9.50. The highest BCUT2D eigenvalue weighted by molar-refractivity contribution is 5.85. The highest BCUT2D eigenvalue weighted by atomic mass is 16.6. The Balaban J connectivity index is 2.54. The molecule has 1 fully saturated rings. The summed E-state index contributed by atoms with van der Waals surface area (Å²) >= 11 is 0. The molecule has 1 aliphatic heterocycles. The van der Waals surface area contributed by atoms with Gasteiger partial charge in [0.25, 0.3) is 0 Å². The zero-order chi connectivity index (χ0) is 14.1. The van der Waals surface area contributed by atoms with Crippen LogP contribution in [0.25, 0.3) is 0 Å². The van der Waals surface area contributed by atoms with E-state index >= 15 is 0 Å². The molecular formula is C11H20N4O4. The molecular weight excluding hydrogens is 252 g/mol. The van der Waals surface area contributed by atoms with Crippen molar-refractivity contribution in [3.63, 3.8) is 0 Å². The molecule has 19 heavy (non-hydrogen) atoms. The van der Waals surface area contributed by atoms with Crippen LogP contribution in [0.4, 0.5) is 9.59 Å². The molecule has 8 heteroatoms. The van der Waals surface area contributed by atoms with E-state index in [4.69, 9.17) is 9.47 Å². The Morgan fingerprint density at radius 3 is 2.58 bits per heavy atom. The van der Waals surface area contributed by atoms with Gasteiger partial charge in [0, 0.05) is 13.0 Å². The van der Waals surface area contributed by atoms with E-state index in [0.29, 0.717) is 25.4 Å². The number of hydrogen-bond donors (Lipinski definition) is 2. The summed E-state index contributed by atoms with van der Waals surface area (Å²) in [4.78, 5) is 22.5. The Hall–Kier alpha value is -1.99. The van der Waals surface area contributed by atoms with Crippen LogP contribution < -0.4 is 10.9 Å². The van der Waals surface area contributed by atoms with Gasteiger partial charge >= 0.3 is 12.2 Å². The summed E-state index contributed by atoms with van der Waals surface area (Å²) in [5.41, 5.74) is 4.86. The molecule has 0 aromatic rings. The van der Waals surface area contributed by atoms with E-state index < -0.39 is 12.2 Å². The van der Waals surface area contributed by atoms with Crippen LogP contribution in [0.5, 0.6) is 0 Å². The van der Waals surface area contributed by atoms with Gasteiger partial charge in [-0.15, -0.1) is 0 Å². The first kappa shape index (κ1) is 15.1. The Morgan fingerprint density at radius 2 is 1.89 bits per heavy atom. The molecule has 1 rings (SSSR count). The number of amidine groups is 1. The smallest absolute Gasteiger partial charge is 0.427 e. The summed E-state index contributed by atoms with van der Waals surface area (Å²) in [5, 5.41) is 5.52. The van der Waals surface area contributed by atoms with Gasteiger partial charge in [-0.05, 0) is 26.7 Å². The molecule has 0 atom stereocenters. The van der Waals surface area contributed by atoms with Crippen LogP contribution >= 0.6 is 0 Å². The summed E-state index contributed by atoms with van der Waals surface area (Å²) in [6.45, 7) is 4.64. The van der Waals surface area contributed by atoms with Crippen LogP contribution in [0.2, 0.25) is 0 Å². The van der Waals surface area contributed by atoms with Crippen LogP contribution in [0.3, 0.4) is 0 Å². The minimum Gasteiger partial charge on any atom is -0.449 e. The molecule has 0 saturated carbocycles. The molecule has 0 aliphatic carbocycles. The van der Waals surface area contributed by atoms with Crippen LogP contribution in [-0.2, 0) is 9.47 Å². The van der Waals surface area contributed by atoms with Crippen LogP contribution in [-0.4, -0.2) is 42.8 Å². The maximum absolute atomic E-state index is 11.4. The van der Waals surface area contributed by atoms with Crippen molar-refractivity contribution in [2.45, 2.75) is 33.1 Å². The number of piperidine rings is 1. The molecule has 1 aliphatic rings. The first-order valence-electron chi connectivity index (χ1n) is 6.37. The van der Waals surface area contributed by atoms with Gasteiger partial charge in [0.2, 0.25) is 0 Å². The van der Waals surface area contributed by atoms with Gasteiger partial charge in [0.1, 0.15) is 5.84 Å². The molecule has 0 aromatic heterocycles. The van der Waals surface area contributed by atoms with E-state index in [2.05, 4.69) is 16.0 Å². The third-order valence-electron chi connectivity index (χ3n) is 2.40. The summed E-state index contributed by atoms with van der Waals surface area (Å²) in [5.74, 6) is 0.576. The molecule has 2 amide bonds. The van der Waals surface area contributed by atoms with Crippen LogP contribution in [0, 0.1) is 0 Å². The van der Waals surface area contributed by atoms with E-state index in [1.165, 1.54) is 0 Å². The molecule has 0 unspecified atom stereocenters. The fourth-order valence-electron chi connectivity index (χ4n) is 1.60. The number of hydrazone groups is 1. The molecule has 0 spiro atoms. The van der Waals surface area contributed by atoms with Crippen molar-refractivity contribution in [1.29, 1.82) is 0 Å². The van der Waals surface area contributed by atoms with Crippen molar-refractivity contribution in [1.82, 2.24) is 15.9 Å². The van der Waals surface area contributed by atoms with Crippen molar-refractivity contribution in [3.8, 4) is 0 Å². The maximum Gasteiger partial charge on any atom is 0.427 e. The minimum atomic E-state index is -0.614. The topological polar surface area (TPSA) is 92.3 Å². The van der Waals surface area contributed by atoms with Gasteiger partial charge in [0.05, 0.1) is 13.2 Å². The first-order valence-corrected chi connectivity index (χ1v) is 6.37. The zero-order valence-electron chi connectivity index (χ0n) is 11.3. The number of amides is 2. The number of nitrogens with one attached hydrogen (secondary N) is 2. The Labute approximate surface area is 112 Å². The molecule has 8 nitrogen and oxygen atoms in total.